The smallest absolute Gasteiger partial charge is 0.261 e. The van der Waals surface area contributed by atoms with Crippen molar-refractivity contribution in [2.45, 2.75) is 26.5 Å². The van der Waals surface area contributed by atoms with Crippen LogP contribution in [0.5, 0.6) is 5.75 Å². The maximum atomic E-state index is 12.4. The van der Waals surface area contributed by atoms with Crippen LogP contribution < -0.4 is 10.1 Å². The predicted molar refractivity (Wildman–Crippen MR) is 114 cm³/mol. The van der Waals surface area contributed by atoms with Crippen molar-refractivity contribution >= 4 is 16.7 Å². The van der Waals surface area contributed by atoms with Gasteiger partial charge in [-0.05, 0) is 54.4 Å². The summed E-state index contributed by atoms with van der Waals surface area (Å²) in [7, 11) is 0. The molecule has 1 unspecified atom stereocenters. The number of aryl methyl sites for hydroxylation is 1. The van der Waals surface area contributed by atoms with E-state index in [1.165, 1.54) is 0 Å². The molecule has 1 amide bonds. The minimum absolute atomic E-state index is 0.146. The Kier molecular flexibility index (Phi) is 5.29. The van der Waals surface area contributed by atoms with E-state index in [4.69, 9.17) is 4.74 Å². The molecule has 5 heteroatoms. The number of hydrogen-bond donors (Lipinski definition) is 1. The molecular weight excluding hydrogens is 362 g/mol. The largest absolute Gasteiger partial charge is 0.481 e. The number of fused-ring (bicyclic) bond motifs is 1. The van der Waals surface area contributed by atoms with Crippen LogP contribution in [0.3, 0.4) is 0 Å². The van der Waals surface area contributed by atoms with Crippen molar-refractivity contribution in [2.24, 2.45) is 0 Å². The Bertz CT molecular complexity index is 1130. The van der Waals surface area contributed by atoms with Gasteiger partial charge in [0.25, 0.3) is 5.91 Å². The number of carbonyl (C=O) groups is 1. The van der Waals surface area contributed by atoms with Gasteiger partial charge in [-0.15, -0.1) is 0 Å². The highest BCUT2D eigenvalue weighted by molar-refractivity contribution is 5.84. The van der Waals surface area contributed by atoms with Crippen molar-refractivity contribution in [3.8, 4) is 11.4 Å². The summed E-state index contributed by atoms with van der Waals surface area (Å²) in [5, 5.41) is 5.17. The second-order valence-electron chi connectivity index (χ2n) is 7.00. The molecule has 0 fully saturated rings. The summed E-state index contributed by atoms with van der Waals surface area (Å²) in [5.41, 5.74) is 2.07. The summed E-state index contributed by atoms with van der Waals surface area (Å²) in [5.74, 6) is 1.48. The van der Waals surface area contributed by atoms with Crippen LogP contribution in [-0.2, 0) is 11.3 Å². The van der Waals surface area contributed by atoms with Crippen LogP contribution >= 0.6 is 0 Å². The Morgan fingerprint density at radius 2 is 1.83 bits per heavy atom. The van der Waals surface area contributed by atoms with Gasteiger partial charge in [0.1, 0.15) is 11.6 Å². The Hall–Kier alpha value is -3.60. The lowest BCUT2D eigenvalue weighted by Gasteiger charge is -2.15. The predicted octanol–water partition coefficient (Wildman–Crippen LogP) is 4.42. The fourth-order valence-corrected chi connectivity index (χ4v) is 3.26. The zero-order chi connectivity index (χ0) is 20.2. The lowest BCUT2D eigenvalue weighted by molar-refractivity contribution is -0.127. The Morgan fingerprint density at radius 1 is 1.07 bits per heavy atom. The van der Waals surface area contributed by atoms with E-state index in [1.54, 1.807) is 13.1 Å². The number of benzene rings is 3. The van der Waals surface area contributed by atoms with Crippen molar-refractivity contribution in [1.82, 2.24) is 14.9 Å². The van der Waals surface area contributed by atoms with Gasteiger partial charge in [-0.2, -0.15) is 0 Å². The first kappa shape index (κ1) is 18.7. The maximum Gasteiger partial charge on any atom is 0.261 e. The monoisotopic (exact) mass is 385 g/mol. The first-order valence-corrected chi connectivity index (χ1v) is 9.62. The van der Waals surface area contributed by atoms with Gasteiger partial charge >= 0.3 is 0 Å². The van der Waals surface area contributed by atoms with Crippen LogP contribution in [0.15, 0.2) is 79.1 Å². The van der Waals surface area contributed by atoms with E-state index in [9.17, 15) is 4.79 Å². The number of imidazole rings is 1. The highest BCUT2D eigenvalue weighted by Gasteiger charge is 2.14. The highest BCUT2D eigenvalue weighted by Crippen LogP contribution is 2.21. The van der Waals surface area contributed by atoms with Crippen molar-refractivity contribution in [1.29, 1.82) is 0 Å². The summed E-state index contributed by atoms with van der Waals surface area (Å²) in [6.07, 6.45) is 3.13. The molecule has 4 rings (SSSR count). The Labute approximate surface area is 170 Å². The molecule has 0 saturated carbocycles. The third kappa shape index (κ3) is 4.29. The van der Waals surface area contributed by atoms with Gasteiger partial charge in [0.05, 0.1) is 0 Å². The number of carbonyl (C=O) groups excluding carboxylic acids is 1. The van der Waals surface area contributed by atoms with Gasteiger partial charge in [0.15, 0.2) is 6.10 Å². The van der Waals surface area contributed by atoms with Gasteiger partial charge in [-0.25, -0.2) is 4.98 Å². The third-order valence-corrected chi connectivity index (χ3v) is 4.91. The summed E-state index contributed by atoms with van der Waals surface area (Å²) >= 11 is 0. The summed E-state index contributed by atoms with van der Waals surface area (Å²) in [6, 6.07) is 22.0. The van der Waals surface area contributed by atoms with Crippen molar-refractivity contribution in [2.75, 3.05) is 0 Å². The van der Waals surface area contributed by atoms with Gasteiger partial charge < -0.3 is 14.6 Å². The van der Waals surface area contributed by atoms with Gasteiger partial charge in [0.2, 0.25) is 0 Å². The molecule has 0 radical (unpaired) electrons. The number of ether oxygens (including phenoxy) is 1. The molecule has 0 aliphatic rings. The van der Waals surface area contributed by atoms with Crippen LogP contribution in [0.4, 0.5) is 0 Å². The van der Waals surface area contributed by atoms with E-state index in [-0.39, 0.29) is 5.91 Å². The third-order valence-electron chi connectivity index (χ3n) is 4.91. The lowest BCUT2D eigenvalue weighted by atomic mass is 10.1. The molecule has 3 aromatic carbocycles. The molecule has 146 valence electrons. The minimum atomic E-state index is -0.580. The number of hydrogen-bond acceptors (Lipinski definition) is 3. The van der Waals surface area contributed by atoms with Crippen LogP contribution in [0.1, 0.15) is 18.3 Å². The molecule has 0 aliphatic heterocycles. The number of rotatable bonds is 6. The van der Waals surface area contributed by atoms with Crippen LogP contribution in [-0.4, -0.2) is 21.6 Å². The van der Waals surface area contributed by atoms with Gasteiger partial charge in [0, 0.05) is 24.6 Å². The molecule has 0 bridgehead atoms. The van der Waals surface area contributed by atoms with E-state index < -0.39 is 6.10 Å². The molecule has 1 N–H and O–H groups in total. The van der Waals surface area contributed by atoms with Crippen LogP contribution in [0.2, 0.25) is 0 Å². The fourth-order valence-electron chi connectivity index (χ4n) is 3.26. The number of nitrogens with zero attached hydrogens (tertiary/aromatic N) is 2. The number of aromatic nitrogens is 2. The molecule has 1 heterocycles. The summed E-state index contributed by atoms with van der Waals surface area (Å²) in [4.78, 5) is 16.7. The minimum Gasteiger partial charge on any atom is -0.481 e. The maximum absolute atomic E-state index is 12.4. The average molecular weight is 385 g/mol. The Morgan fingerprint density at radius 3 is 2.55 bits per heavy atom. The second-order valence-corrected chi connectivity index (χ2v) is 7.00. The number of amides is 1. The number of nitrogens with one attached hydrogen (secondary N) is 1. The fraction of sp³-hybridized carbons (Fsp3) is 0.167. The second kappa shape index (κ2) is 8.19. The Balaban J connectivity index is 1.34. The molecule has 0 spiro atoms. The van der Waals surface area contributed by atoms with E-state index in [0.29, 0.717) is 12.3 Å². The van der Waals surface area contributed by atoms with Gasteiger partial charge in [-0.1, -0.05) is 42.5 Å². The van der Waals surface area contributed by atoms with Crippen LogP contribution in [0, 0.1) is 6.92 Å². The normalized spacial score (nSPS) is 11.9. The molecule has 5 nitrogen and oxygen atoms in total. The zero-order valence-corrected chi connectivity index (χ0v) is 16.5. The lowest BCUT2D eigenvalue weighted by Crippen LogP contribution is -2.35. The SMILES string of the molecule is Cc1nccn1-c1ccc(CNC(=O)C(C)Oc2ccc3ccccc3c2)cc1. The molecule has 0 saturated heterocycles. The van der Waals surface area contributed by atoms with Crippen molar-refractivity contribution in [3.05, 3.63) is 90.5 Å². The molecule has 0 aliphatic carbocycles. The highest BCUT2D eigenvalue weighted by atomic mass is 16.5. The average Bonchev–Trinajstić information content (AvgIpc) is 3.18. The van der Waals surface area contributed by atoms with Crippen molar-refractivity contribution < 1.29 is 9.53 Å². The van der Waals surface area contributed by atoms with E-state index in [0.717, 1.165) is 27.8 Å². The van der Waals surface area contributed by atoms with E-state index >= 15 is 0 Å². The molecule has 4 aromatic rings. The molecular formula is C24H23N3O2. The van der Waals surface area contributed by atoms with Crippen molar-refractivity contribution in [3.63, 3.8) is 0 Å². The zero-order valence-electron chi connectivity index (χ0n) is 16.5. The molecule has 1 aromatic heterocycles. The van der Waals surface area contributed by atoms with E-state index in [1.807, 2.05) is 78.4 Å². The standard InChI is InChI=1S/C24H23N3O2/c1-17(29-23-12-9-20-5-3-4-6-21(20)15-23)24(28)26-16-19-7-10-22(11-8-19)27-14-13-25-18(27)2/h3-15,17H,16H2,1-2H3,(H,26,28). The van der Waals surface area contributed by atoms with Gasteiger partial charge in [-0.3, -0.25) is 4.79 Å². The quantitative estimate of drug-likeness (QED) is 0.535. The first-order chi connectivity index (χ1) is 14.1. The molecule has 1 atom stereocenters. The summed E-state index contributed by atoms with van der Waals surface area (Å²) in [6.45, 7) is 4.17. The van der Waals surface area contributed by atoms with E-state index in [2.05, 4.69) is 16.4 Å². The topological polar surface area (TPSA) is 56.2 Å². The van der Waals surface area contributed by atoms with Crippen LogP contribution in [0.25, 0.3) is 16.5 Å². The first-order valence-electron chi connectivity index (χ1n) is 9.62. The summed E-state index contributed by atoms with van der Waals surface area (Å²) < 4.78 is 7.85. The molecule has 29 heavy (non-hydrogen) atoms.